The number of hydrogen-bond acceptors (Lipinski definition) is 28. The van der Waals surface area contributed by atoms with Crippen LogP contribution in [0.25, 0.3) is 0 Å². The summed E-state index contributed by atoms with van der Waals surface area (Å²) in [5, 5.41) is 114. The van der Waals surface area contributed by atoms with Crippen molar-refractivity contribution in [2.45, 2.75) is 141 Å². The van der Waals surface area contributed by atoms with Crippen molar-refractivity contribution in [3.8, 4) is 0 Å². The molecule has 640 valence electrons. The Morgan fingerprint density at radius 3 is 0.649 bits per heavy atom. The van der Waals surface area contributed by atoms with Crippen LogP contribution in [0.5, 0.6) is 0 Å². The molecular formula is C77H128O34. The average Bonchev–Trinajstić information content (AvgIpc) is 0.918. The molecule has 34 heteroatoms. The Morgan fingerprint density at radius 1 is 0.297 bits per heavy atom. The maximum absolute atomic E-state index is 11.1. The first-order valence-electron chi connectivity index (χ1n) is 33.2. The number of esters is 7. The number of aliphatic hydroxyl groups is 8. The Bertz CT molecular complexity index is 2560. The number of rotatable bonds is 39. The molecule has 0 spiro atoms. The lowest BCUT2D eigenvalue weighted by molar-refractivity contribution is -0.152. The Balaban J connectivity index is -0.0000000868. The third kappa shape index (κ3) is 118. The van der Waals surface area contributed by atoms with Crippen LogP contribution in [0.3, 0.4) is 0 Å². The topological polar surface area (TPSA) is 570 Å². The standard InChI is InChI=1S/C11H16O4.C10H14O4.C10H18O2.2C9H16O2.2C5H12O4.6C3H4O2/c1-7(2)10(12)14-6-9(5)15-11(13)8(3)4;1-7(2)9(11)13-5-6-14-10(12)8(3)4;1-4-5-6-7-8-12-10(11)9(2)3;1-5-8(4)6-11-9(10)7(2)3;1-4-5-6-7-11-9(10)8(2)3;2*6-1-5(2-7,3-8)4-9;6*1-2-3(4)5/h9H,1,3,6H2,2,4-5H3;1,3,5-6H2,2,4H3;2,4-8H2,1,3H3;8H,2,5-6H2,1,3-4H3;2,4-7H2,1,3H3;2*6-9H,1-4H2;6*2H,1H2,(H,4,5). The SMILES string of the molecule is C=C(C)C(=O)OCC(C)CC.C=C(C)C(=O)OCC(C)OC(=O)C(=C)C.C=C(C)C(=O)OCCCCC.C=C(C)C(=O)OCCCCCC.C=C(C)C(=O)OCCOC(=O)C(=C)C.C=CC(=O)O.C=CC(=O)O.C=CC(=O)O.C=CC(=O)O.C=CC(=O)O.C=CC(=O)O.OCC(CO)(CO)CO.OCC(CO)(CO)CO. The number of aliphatic hydroxyl groups excluding tert-OH is 8. The van der Waals surface area contributed by atoms with Crippen LogP contribution in [-0.2, 0) is 95.5 Å². The van der Waals surface area contributed by atoms with E-state index >= 15 is 0 Å². The summed E-state index contributed by atoms with van der Waals surface area (Å²) in [5.74, 6) is -8.24. The first-order valence-corrected chi connectivity index (χ1v) is 33.2. The summed E-state index contributed by atoms with van der Waals surface area (Å²) in [7, 11) is 0. The largest absolute Gasteiger partial charge is 0.478 e. The molecule has 0 rings (SSSR count). The first-order chi connectivity index (χ1) is 51.3. The van der Waals surface area contributed by atoms with Gasteiger partial charge in [-0.05, 0) is 74.1 Å². The molecule has 0 amide bonds. The van der Waals surface area contributed by atoms with Crippen LogP contribution in [0, 0.1) is 16.7 Å². The van der Waals surface area contributed by atoms with E-state index in [0.717, 1.165) is 75.0 Å². The van der Waals surface area contributed by atoms with Gasteiger partial charge in [-0.1, -0.05) is 152 Å². The van der Waals surface area contributed by atoms with Gasteiger partial charge in [0.1, 0.15) is 25.9 Å². The van der Waals surface area contributed by atoms with Crippen LogP contribution in [0.1, 0.15) is 134 Å². The molecule has 2 atom stereocenters. The number of carboxylic acid groups (broad SMARTS) is 6. The van der Waals surface area contributed by atoms with Gasteiger partial charge in [0.25, 0.3) is 0 Å². The van der Waals surface area contributed by atoms with Crippen molar-refractivity contribution in [1.82, 2.24) is 0 Å². The van der Waals surface area contributed by atoms with Crippen molar-refractivity contribution in [3.63, 3.8) is 0 Å². The fourth-order valence-electron chi connectivity index (χ4n) is 3.66. The van der Waals surface area contributed by atoms with Crippen LogP contribution in [0.15, 0.2) is 161 Å². The molecule has 34 nitrogen and oxygen atoms in total. The molecule has 0 fully saturated rings. The third-order valence-electron chi connectivity index (χ3n) is 10.9. The number of carbonyl (C=O) groups is 13. The van der Waals surface area contributed by atoms with E-state index in [0.29, 0.717) is 64.8 Å². The third-order valence-corrected chi connectivity index (χ3v) is 10.9. The summed E-state index contributed by atoms with van der Waals surface area (Å²) in [5.41, 5.74) is 0.453. The maximum atomic E-state index is 11.1. The molecule has 14 N–H and O–H groups in total. The molecule has 2 unspecified atom stereocenters. The van der Waals surface area contributed by atoms with E-state index in [4.69, 9.17) is 95.2 Å². The van der Waals surface area contributed by atoms with Crippen LogP contribution >= 0.6 is 0 Å². The normalized spacial score (nSPS) is 9.51. The molecule has 0 bridgehead atoms. The van der Waals surface area contributed by atoms with E-state index in [2.05, 4.69) is 116 Å². The smallest absolute Gasteiger partial charge is 0.333 e. The summed E-state index contributed by atoms with van der Waals surface area (Å²) >= 11 is 0. The van der Waals surface area contributed by atoms with Gasteiger partial charge in [-0.2, -0.15) is 0 Å². The van der Waals surface area contributed by atoms with E-state index in [1.807, 2.05) is 6.92 Å². The molecule has 0 aliphatic rings. The number of carboxylic acids is 6. The fourth-order valence-corrected chi connectivity index (χ4v) is 3.66. The van der Waals surface area contributed by atoms with Gasteiger partial charge in [-0.25, -0.2) is 62.3 Å². The number of ether oxygens (including phenoxy) is 7. The lowest BCUT2D eigenvalue weighted by Crippen LogP contribution is -2.37. The number of carbonyl (C=O) groups excluding carboxylic acids is 7. The lowest BCUT2D eigenvalue weighted by atomic mass is 9.93. The molecule has 0 aliphatic carbocycles. The zero-order valence-electron chi connectivity index (χ0n) is 66.8. The summed E-state index contributed by atoms with van der Waals surface area (Å²) < 4.78 is 33.8. The fraction of sp³-hybridized carbons (Fsp3) is 0.494. The van der Waals surface area contributed by atoms with Crippen LogP contribution in [0.4, 0.5) is 0 Å². The molecule has 0 saturated heterocycles. The first kappa shape index (κ1) is 130. The number of unbranched alkanes of at least 4 members (excludes halogenated alkanes) is 5. The van der Waals surface area contributed by atoms with E-state index in [9.17, 15) is 62.3 Å². The van der Waals surface area contributed by atoms with Gasteiger partial charge in [0.05, 0.1) is 83.5 Å². The highest BCUT2D eigenvalue weighted by molar-refractivity contribution is 5.90. The molecule has 0 radical (unpaired) electrons. The van der Waals surface area contributed by atoms with Gasteiger partial charge in [0.2, 0.25) is 0 Å². The van der Waals surface area contributed by atoms with E-state index in [1.54, 1.807) is 55.4 Å². The van der Waals surface area contributed by atoms with Crippen LogP contribution < -0.4 is 0 Å². The second-order valence-electron chi connectivity index (χ2n) is 22.2. The predicted molar refractivity (Wildman–Crippen MR) is 417 cm³/mol. The molecule has 0 aromatic carbocycles. The van der Waals surface area contributed by atoms with Gasteiger partial charge >= 0.3 is 77.6 Å². The van der Waals surface area contributed by atoms with E-state index in [-0.39, 0.29) is 37.7 Å². The highest BCUT2D eigenvalue weighted by Gasteiger charge is 2.27. The van der Waals surface area contributed by atoms with Crippen molar-refractivity contribution < 1.29 is 167 Å². The average molecular weight is 1600 g/mol. The van der Waals surface area contributed by atoms with Gasteiger partial charge in [0, 0.05) is 75.5 Å². The van der Waals surface area contributed by atoms with Crippen molar-refractivity contribution in [2.24, 2.45) is 16.7 Å². The molecule has 111 heavy (non-hydrogen) atoms. The molecule has 0 aromatic heterocycles. The van der Waals surface area contributed by atoms with Crippen molar-refractivity contribution in [2.75, 3.05) is 92.5 Å². The Labute approximate surface area is 653 Å². The molecule has 0 aliphatic heterocycles. The van der Waals surface area contributed by atoms with Crippen LogP contribution in [-0.4, -0.2) is 248 Å². The van der Waals surface area contributed by atoms with E-state index in [1.165, 1.54) is 12.8 Å². The minimum absolute atomic E-state index is 0.0186. The van der Waals surface area contributed by atoms with Crippen molar-refractivity contribution in [3.05, 3.63) is 161 Å². The summed E-state index contributed by atoms with van der Waals surface area (Å²) in [6, 6.07) is 0. The molecule has 0 saturated carbocycles. The highest BCUT2D eigenvalue weighted by Crippen LogP contribution is 2.13. The number of hydrogen-bond donors (Lipinski definition) is 14. The second kappa shape index (κ2) is 91.8. The minimum Gasteiger partial charge on any atom is -0.478 e. The van der Waals surface area contributed by atoms with Gasteiger partial charge in [-0.15, -0.1) is 0 Å². The number of aliphatic carboxylic acids is 6. The highest BCUT2D eigenvalue weighted by atomic mass is 16.6. The van der Waals surface area contributed by atoms with E-state index < -0.39 is 129 Å². The molecular weight excluding hydrogens is 1470 g/mol. The summed E-state index contributed by atoms with van der Waals surface area (Å²) in [6.07, 6.45) is 13.3. The Kier molecular flexibility index (Phi) is 107. The Hall–Kier alpha value is -10.6. The molecule has 0 heterocycles. The van der Waals surface area contributed by atoms with Gasteiger partial charge in [-0.3, -0.25) is 0 Å². The lowest BCUT2D eigenvalue weighted by Gasteiger charge is -2.23. The van der Waals surface area contributed by atoms with Gasteiger partial charge < -0.3 is 105 Å². The zero-order valence-corrected chi connectivity index (χ0v) is 66.8. The van der Waals surface area contributed by atoms with Crippen molar-refractivity contribution in [1.29, 1.82) is 0 Å². The second-order valence-corrected chi connectivity index (χ2v) is 22.2. The van der Waals surface area contributed by atoms with Crippen LogP contribution in [0.2, 0.25) is 0 Å². The summed E-state index contributed by atoms with van der Waals surface area (Å²) in [6.45, 7) is 61.4. The monoisotopic (exact) mass is 1600 g/mol. The minimum atomic E-state index is -1.11. The van der Waals surface area contributed by atoms with Crippen molar-refractivity contribution >= 4 is 77.6 Å². The van der Waals surface area contributed by atoms with Gasteiger partial charge in [0.15, 0.2) is 0 Å². The summed E-state index contributed by atoms with van der Waals surface area (Å²) in [4.78, 5) is 132. The zero-order chi connectivity index (χ0) is 90.5. The predicted octanol–water partition coefficient (Wildman–Crippen LogP) is 7.40. The quantitative estimate of drug-likeness (QED) is 0.0123. The Morgan fingerprint density at radius 2 is 0.477 bits per heavy atom. The maximum Gasteiger partial charge on any atom is 0.333 e. The molecule has 0 aromatic rings.